The van der Waals surface area contributed by atoms with Crippen molar-refractivity contribution in [1.82, 2.24) is 0 Å². The Bertz CT molecular complexity index is 478. The Morgan fingerprint density at radius 3 is 2.89 bits per heavy atom. The highest BCUT2D eigenvalue weighted by Gasteiger charge is 2.43. The summed E-state index contributed by atoms with van der Waals surface area (Å²) >= 11 is 0. The normalized spacial score (nSPS) is 27.4. The van der Waals surface area contributed by atoms with Crippen LogP contribution in [0.2, 0.25) is 0 Å². The molecule has 0 saturated carbocycles. The Labute approximate surface area is 104 Å². The first-order chi connectivity index (χ1) is 8.45. The number of nitrogens with two attached hydrogens (primary N) is 1. The highest BCUT2D eigenvalue weighted by molar-refractivity contribution is 5.87. The van der Waals surface area contributed by atoms with E-state index in [1.54, 1.807) is 6.92 Å². The van der Waals surface area contributed by atoms with Gasteiger partial charge in [-0.2, -0.15) is 0 Å². The average molecular weight is 255 g/mol. The van der Waals surface area contributed by atoms with E-state index in [1.807, 2.05) is 0 Å². The summed E-state index contributed by atoms with van der Waals surface area (Å²) in [5, 5.41) is 0. The van der Waals surface area contributed by atoms with Crippen molar-refractivity contribution in [3.8, 4) is 0 Å². The number of halogens is 2. The van der Waals surface area contributed by atoms with E-state index in [1.165, 1.54) is 12.1 Å². The van der Waals surface area contributed by atoms with Crippen LogP contribution in [0, 0.1) is 17.0 Å². The van der Waals surface area contributed by atoms with Crippen molar-refractivity contribution in [1.29, 1.82) is 0 Å². The maximum absolute atomic E-state index is 13.5. The molecule has 1 aromatic carbocycles. The number of benzene rings is 1. The number of ketones is 1. The highest BCUT2D eigenvalue weighted by Crippen LogP contribution is 2.30. The van der Waals surface area contributed by atoms with Gasteiger partial charge in [-0.1, -0.05) is 12.1 Å². The van der Waals surface area contributed by atoms with Crippen LogP contribution < -0.4 is 5.73 Å². The minimum absolute atomic E-state index is 0.0559. The standard InChI is InChI=1S/C13H15F2NO2/c1-13(7-18-6-10(13)16)11(17)5-8-3-2-4-9(14)12(8)15/h2-4,10H,5-7,16H2,1H3. The molecular weight excluding hydrogens is 240 g/mol. The predicted octanol–water partition coefficient (Wildman–Crippen LogP) is 1.44. The molecule has 2 atom stereocenters. The van der Waals surface area contributed by atoms with Gasteiger partial charge < -0.3 is 10.5 Å². The topological polar surface area (TPSA) is 52.3 Å². The van der Waals surface area contributed by atoms with E-state index in [2.05, 4.69) is 0 Å². The van der Waals surface area contributed by atoms with Gasteiger partial charge >= 0.3 is 0 Å². The van der Waals surface area contributed by atoms with Crippen LogP contribution in [0.15, 0.2) is 18.2 Å². The first kappa shape index (κ1) is 13.1. The fourth-order valence-electron chi connectivity index (χ4n) is 2.04. The van der Waals surface area contributed by atoms with Crippen LogP contribution in [-0.2, 0) is 16.0 Å². The molecule has 98 valence electrons. The number of rotatable bonds is 3. The minimum atomic E-state index is -0.970. The molecule has 1 aliphatic heterocycles. The number of hydrogen-bond donors (Lipinski definition) is 1. The summed E-state index contributed by atoms with van der Waals surface area (Å²) in [6, 6.07) is 3.41. The van der Waals surface area contributed by atoms with Gasteiger partial charge in [0.25, 0.3) is 0 Å². The molecule has 5 heteroatoms. The minimum Gasteiger partial charge on any atom is -0.379 e. The number of carbonyl (C=O) groups excluding carboxylic acids is 1. The SMILES string of the molecule is CC1(C(=O)Cc2cccc(F)c2F)COCC1N. The van der Waals surface area contributed by atoms with Crippen molar-refractivity contribution in [3.63, 3.8) is 0 Å². The molecule has 1 aliphatic rings. The van der Waals surface area contributed by atoms with Crippen molar-refractivity contribution >= 4 is 5.78 Å². The third-order valence-electron chi connectivity index (χ3n) is 3.54. The van der Waals surface area contributed by atoms with Gasteiger partial charge in [0.15, 0.2) is 11.6 Å². The van der Waals surface area contributed by atoms with Crippen molar-refractivity contribution in [3.05, 3.63) is 35.4 Å². The Balaban J connectivity index is 2.19. The number of hydrogen-bond acceptors (Lipinski definition) is 3. The average Bonchev–Trinajstić information content (AvgIpc) is 2.67. The molecule has 3 nitrogen and oxygen atoms in total. The van der Waals surface area contributed by atoms with Crippen LogP contribution in [0.25, 0.3) is 0 Å². The van der Waals surface area contributed by atoms with Crippen LogP contribution in [0.4, 0.5) is 8.78 Å². The summed E-state index contributed by atoms with van der Waals surface area (Å²) in [5.74, 6) is -2.14. The molecule has 1 fully saturated rings. The Morgan fingerprint density at radius 1 is 1.56 bits per heavy atom. The van der Waals surface area contributed by atoms with Crippen LogP contribution in [0.1, 0.15) is 12.5 Å². The summed E-state index contributed by atoms with van der Waals surface area (Å²) in [7, 11) is 0. The third-order valence-corrected chi connectivity index (χ3v) is 3.54. The fourth-order valence-corrected chi connectivity index (χ4v) is 2.04. The van der Waals surface area contributed by atoms with Gasteiger partial charge in [0, 0.05) is 12.5 Å². The Kier molecular flexibility index (Phi) is 3.45. The van der Waals surface area contributed by atoms with Crippen LogP contribution in [0.3, 0.4) is 0 Å². The first-order valence-corrected chi connectivity index (χ1v) is 5.74. The Hall–Kier alpha value is -1.33. The molecule has 2 rings (SSSR count). The lowest BCUT2D eigenvalue weighted by molar-refractivity contribution is -0.127. The zero-order valence-corrected chi connectivity index (χ0v) is 10.1. The maximum atomic E-state index is 13.5. The summed E-state index contributed by atoms with van der Waals surface area (Å²) in [4.78, 5) is 12.2. The van der Waals surface area contributed by atoms with Gasteiger partial charge in [0.2, 0.25) is 0 Å². The monoisotopic (exact) mass is 255 g/mol. The van der Waals surface area contributed by atoms with E-state index in [0.717, 1.165) is 6.07 Å². The largest absolute Gasteiger partial charge is 0.379 e. The molecule has 2 unspecified atom stereocenters. The van der Waals surface area contributed by atoms with Gasteiger partial charge in [-0.25, -0.2) is 8.78 Å². The van der Waals surface area contributed by atoms with E-state index < -0.39 is 23.1 Å². The van der Waals surface area contributed by atoms with Gasteiger partial charge in [-0.3, -0.25) is 4.79 Å². The molecule has 0 bridgehead atoms. The summed E-state index contributed by atoms with van der Waals surface area (Å²) < 4.78 is 31.7. The summed E-state index contributed by atoms with van der Waals surface area (Å²) in [6.45, 7) is 2.24. The van der Waals surface area contributed by atoms with Gasteiger partial charge in [-0.15, -0.1) is 0 Å². The van der Waals surface area contributed by atoms with Crippen molar-refractivity contribution in [2.24, 2.45) is 11.1 Å². The van der Waals surface area contributed by atoms with Gasteiger partial charge in [0.1, 0.15) is 5.78 Å². The number of ether oxygens (including phenoxy) is 1. The maximum Gasteiger partial charge on any atom is 0.162 e. The van der Waals surface area contributed by atoms with Gasteiger partial charge in [-0.05, 0) is 18.6 Å². The van der Waals surface area contributed by atoms with E-state index in [-0.39, 0.29) is 24.4 Å². The van der Waals surface area contributed by atoms with Crippen LogP contribution >= 0.6 is 0 Å². The number of carbonyl (C=O) groups is 1. The first-order valence-electron chi connectivity index (χ1n) is 5.74. The molecule has 0 amide bonds. The molecule has 0 aliphatic carbocycles. The zero-order chi connectivity index (χ0) is 13.3. The molecule has 1 heterocycles. The van der Waals surface area contributed by atoms with Crippen molar-refractivity contribution in [2.45, 2.75) is 19.4 Å². The number of Topliss-reactive ketones (excluding diaryl/α,β-unsaturated/α-hetero) is 1. The molecule has 0 aromatic heterocycles. The molecule has 18 heavy (non-hydrogen) atoms. The summed E-state index contributed by atoms with van der Waals surface area (Å²) in [6.07, 6.45) is -0.169. The molecule has 2 N–H and O–H groups in total. The predicted molar refractivity (Wildman–Crippen MR) is 62.0 cm³/mol. The van der Waals surface area contributed by atoms with E-state index >= 15 is 0 Å². The van der Waals surface area contributed by atoms with E-state index in [4.69, 9.17) is 10.5 Å². The van der Waals surface area contributed by atoms with E-state index in [0.29, 0.717) is 6.61 Å². The zero-order valence-electron chi connectivity index (χ0n) is 10.1. The smallest absolute Gasteiger partial charge is 0.162 e. The molecular formula is C13H15F2NO2. The molecule has 0 spiro atoms. The lowest BCUT2D eigenvalue weighted by Crippen LogP contribution is -2.45. The van der Waals surface area contributed by atoms with E-state index in [9.17, 15) is 13.6 Å². The summed E-state index contributed by atoms with van der Waals surface area (Å²) in [5.41, 5.74) is 5.06. The van der Waals surface area contributed by atoms with Crippen LogP contribution in [-0.4, -0.2) is 25.0 Å². The Morgan fingerprint density at radius 2 is 2.28 bits per heavy atom. The third kappa shape index (κ3) is 2.15. The second kappa shape index (κ2) is 4.74. The second-order valence-electron chi connectivity index (χ2n) is 4.85. The highest BCUT2D eigenvalue weighted by atomic mass is 19.2. The van der Waals surface area contributed by atoms with Crippen LogP contribution in [0.5, 0.6) is 0 Å². The van der Waals surface area contributed by atoms with Gasteiger partial charge in [0.05, 0.1) is 18.6 Å². The molecule has 1 aromatic rings. The fraction of sp³-hybridized carbons (Fsp3) is 0.462. The lowest BCUT2D eigenvalue weighted by Gasteiger charge is -2.25. The van der Waals surface area contributed by atoms with Crippen molar-refractivity contribution < 1.29 is 18.3 Å². The lowest BCUT2D eigenvalue weighted by atomic mass is 9.79. The van der Waals surface area contributed by atoms with Crippen molar-refractivity contribution in [2.75, 3.05) is 13.2 Å². The molecule has 0 radical (unpaired) electrons. The molecule has 1 saturated heterocycles. The quantitative estimate of drug-likeness (QED) is 0.889. The second-order valence-corrected chi connectivity index (χ2v) is 4.85.